The second-order valence-electron chi connectivity index (χ2n) is 4.41. The van der Waals surface area contributed by atoms with Gasteiger partial charge < -0.3 is 9.53 Å². The number of ether oxygens (including phenoxy) is 1. The first-order chi connectivity index (χ1) is 10.2. The van der Waals surface area contributed by atoms with Crippen LogP contribution in [0.5, 0.6) is 5.75 Å². The van der Waals surface area contributed by atoms with Gasteiger partial charge in [-0.15, -0.1) is 0 Å². The zero-order chi connectivity index (χ0) is 16.1. The second-order valence-corrected chi connectivity index (χ2v) is 4.41. The maximum absolute atomic E-state index is 8.00. The van der Waals surface area contributed by atoms with Gasteiger partial charge in [-0.2, -0.15) is 0 Å². The summed E-state index contributed by atoms with van der Waals surface area (Å²) >= 11 is 0. The van der Waals surface area contributed by atoms with Gasteiger partial charge in [0.2, 0.25) is 0 Å². The molecule has 0 radical (unpaired) electrons. The molecule has 2 aromatic rings. The van der Waals surface area contributed by atoms with E-state index < -0.39 is 0 Å². The Balaban J connectivity index is 0.000000342. The molecule has 0 spiro atoms. The fraction of sp³-hybridized carbons (Fsp3) is 0.333. The average molecular weight is 287 g/mol. The minimum Gasteiger partial charge on any atom is -0.494 e. The maximum Gasteiger partial charge on any atom is 0.119 e. The Bertz CT molecular complexity index is 478. The van der Waals surface area contributed by atoms with E-state index >= 15 is 0 Å². The van der Waals surface area contributed by atoms with Crippen molar-refractivity contribution in [1.82, 2.24) is 4.98 Å². The molecule has 2 rings (SSSR count). The zero-order valence-corrected chi connectivity index (χ0v) is 13.4. The third-order valence-electron chi connectivity index (χ3n) is 2.71. The third-order valence-corrected chi connectivity index (χ3v) is 2.71. The zero-order valence-electron chi connectivity index (χ0n) is 13.4. The molecule has 0 amide bonds. The summed E-state index contributed by atoms with van der Waals surface area (Å²) in [6.45, 7) is 10.9. The molecule has 3 nitrogen and oxygen atoms in total. The van der Waals surface area contributed by atoms with E-state index in [1.165, 1.54) is 11.1 Å². The van der Waals surface area contributed by atoms with Gasteiger partial charge in [0.1, 0.15) is 12.5 Å². The van der Waals surface area contributed by atoms with E-state index in [2.05, 4.69) is 24.9 Å². The van der Waals surface area contributed by atoms with Crippen LogP contribution in [0.2, 0.25) is 0 Å². The van der Waals surface area contributed by atoms with E-state index in [0.29, 0.717) is 0 Å². The molecule has 3 heteroatoms. The van der Waals surface area contributed by atoms with Crippen LogP contribution < -0.4 is 4.74 Å². The van der Waals surface area contributed by atoms with Crippen LogP contribution in [0.1, 0.15) is 30.7 Å². The number of pyridine rings is 1. The Hall–Kier alpha value is -2.16. The highest BCUT2D eigenvalue weighted by molar-refractivity contribution is 5.26. The van der Waals surface area contributed by atoms with Crippen LogP contribution >= 0.6 is 0 Å². The monoisotopic (exact) mass is 287 g/mol. The van der Waals surface area contributed by atoms with Gasteiger partial charge in [0.25, 0.3) is 0 Å². The lowest BCUT2D eigenvalue weighted by Gasteiger charge is -2.01. The van der Waals surface area contributed by atoms with Crippen LogP contribution in [0.25, 0.3) is 0 Å². The van der Waals surface area contributed by atoms with Crippen LogP contribution in [0.15, 0.2) is 42.6 Å². The van der Waals surface area contributed by atoms with E-state index in [4.69, 9.17) is 9.53 Å². The topological polar surface area (TPSA) is 39.2 Å². The second kappa shape index (κ2) is 11.6. The van der Waals surface area contributed by atoms with Gasteiger partial charge in [-0.3, -0.25) is 4.98 Å². The van der Waals surface area contributed by atoms with Crippen molar-refractivity contribution in [1.29, 1.82) is 0 Å². The summed E-state index contributed by atoms with van der Waals surface area (Å²) < 4.78 is 5.26. The first kappa shape index (κ1) is 18.8. The molecule has 0 aliphatic heterocycles. The minimum atomic E-state index is 0.739. The number of hydrogen-bond acceptors (Lipinski definition) is 3. The first-order valence-electron chi connectivity index (χ1n) is 7.05. The number of benzene rings is 1. The normalized spacial score (nSPS) is 8.76. The van der Waals surface area contributed by atoms with Crippen molar-refractivity contribution in [2.45, 2.75) is 34.1 Å². The molecular weight excluding hydrogens is 262 g/mol. The van der Waals surface area contributed by atoms with Crippen molar-refractivity contribution >= 4 is 6.79 Å². The standard InChI is InChI=1S/C9H12O.C8H11N.CH2O/c1-3-10-9-6-4-8(2)5-7-9;1-3-8-5-4-7(2)9-6-8;1-2/h4-7H,3H2,1-2H3;4-6H,3H2,1-2H3;1H2. The van der Waals surface area contributed by atoms with Gasteiger partial charge in [0.05, 0.1) is 6.61 Å². The quantitative estimate of drug-likeness (QED) is 0.851. The van der Waals surface area contributed by atoms with Crippen LogP contribution in [0.4, 0.5) is 0 Å². The lowest BCUT2D eigenvalue weighted by Crippen LogP contribution is -1.90. The van der Waals surface area contributed by atoms with Gasteiger partial charge in [0.15, 0.2) is 0 Å². The SMILES string of the molecule is C=O.CCOc1ccc(C)cc1.CCc1ccc(C)nc1. The van der Waals surface area contributed by atoms with Crippen LogP contribution in [-0.2, 0) is 11.2 Å². The largest absolute Gasteiger partial charge is 0.494 e. The molecule has 1 aromatic heterocycles. The van der Waals surface area contributed by atoms with E-state index in [9.17, 15) is 0 Å². The minimum absolute atomic E-state index is 0.739. The van der Waals surface area contributed by atoms with E-state index in [0.717, 1.165) is 24.5 Å². The molecule has 1 heterocycles. The number of aryl methyl sites for hydroxylation is 3. The summed E-state index contributed by atoms with van der Waals surface area (Å²) in [5.74, 6) is 0.952. The highest BCUT2D eigenvalue weighted by atomic mass is 16.5. The molecule has 114 valence electrons. The van der Waals surface area contributed by atoms with Crippen LogP contribution in [0.3, 0.4) is 0 Å². The summed E-state index contributed by atoms with van der Waals surface area (Å²) in [5, 5.41) is 0. The van der Waals surface area contributed by atoms with Gasteiger partial charge in [-0.1, -0.05) is 30.7 Å². The van der Waals surface area contributed by atoms with Gasteiger partial charge >= 0.3 is 0 Å². The number of carbonyl (C=O) groups excluding carboxylic acids is 1. The van der Waals surface area contributed by atoms with Crippen molar-refractivity contribution < 1.29 is 9.53 Å². The first-order valence-corrected chi connectivity index (χ1v) is 7.05. The molecule has 0 aliphatic rings. The van der Waals surface area contributed by atoms with Crippen molar-refractivity contribution in [3.8, 4) is 5.75 Å². The molecular formula is C18H25NO2. The van der Waals surface area contributed by atoms with Gasteiger partial charge in [-0.25, -0.2) is 0 Å². The van der Waals surface area contributed by atoms with Crippen LogP contribution in [-0.4, -0.2) is 18.4 Å². The number of aromatic nitrogens is 1. The lowest BCUT2D eigenvalue weighted by atomic mass is 10.2. The maximum atomic E-state index is 8.00. The summed E-state index contributed by atoms with van der Waals surface area (Å²) in [7, 11) is 0. The number of hydrogen-bond donors (Lipinski definition) is 0. The predicted octanol–water partition coefficient (Wildman–Crippen LogP) is 4.16. The summed E-state index contributed by atoms with van der Waals surface area (Å²) in [6.07, 6.45) is 3.00. The number of carbonyl (C=O) groups is 1. The fourth-order valence-electron chi connectivity index (χ4n) is 1.51. The molecule has 0 fully saturated rings. The Morgan fingerprint density at radius 2 is 1.62 bits per heavy atom. The molecule has 0 saturated carbocycles. The average Bonchev–Trinajstić information content (AvgIpc) is 2.53. The van der Waals surface area contributed by atoms with Crippen molar-refractivity contribution in [2.75, 3.05) is 6.61 Å². The molecule has 0 atom stereocenters. The van der Waals surface area contributed by atoms with Gasteiger partial charge in [-0.05, 0) is 51.0 Å². The highest BCUT2D eigenvalue weighted by Gasteiger charge is 1.88. The lowest BCUT2D eigenvalue weighted by molar-refractivity contribution is -0.0979. The highest BCUT2D eigenvalue weighted by Crippen LogP contribution is 2.10. The fourth-order valence-corrected chi connectivity index (χ4v) is 1.51. The smallest absolute Gasteiger partial charge is 0.119 e. The summed E-state index contributed by atoms with van der Waals surface area (Å²) in [6, 6.07) is 12.2. The Morgan fingerprint density at radius 1 is 1.00 bits per heavy atom. The van der Waals surface area contributed by atoms with E-state index in [1.54, 1.807) is 0 Å². The van der Waals surface area contributed by atoms with Crippen LogP contribution in [0, 0.1) is 13.8 Å². The Labute approximate surface area is 128 Å². The predicted molar refractivity (Wildman–Crippen MR) is 87.8 cm³/mol. The summed E-state index contributed by atoms with van der Waals surface area (Å²) in [4.78, 5) is 12.1. The Morgan fingerprint density at radius 3 is 2.05 bits per heavy atom. The molecule has 0 saturated heterocycles. The van der Waals surface area contributed by atoms with Gasteiger partial charge in [0, 0.05) is 11.9 Å². The van der Waals surface area contributed by atoms with Crippen molar-refractivity contribution in [2.24, 2.45) is 0 Å². The molecule has 0 N–H and O–H groups in total. The molecule has 0 aliphatic carbocycles. The number of nitrogens with zero attached hydrogens (tertiary/aromatic N) is 1. The van der Waals surface area contributed by atoms with Crippen molar-refractivity contribution in [3.05, 3.63) is 59.4 Å². The van der Waals surface area contributed by atoms with E-state index in [-0.39, 0.29) is 0 Å². The molecule has 21 heavy (non-hydrogen) atoms. The molecule has 0 unspecified atom stereocenters. The molecule has 0 bridgehead atoms. The number of rotatable bonds is 3. The summed E-state index contributed by atoms with van der Waals surface area (Å²) in [5.41, 5.74) is 3.66. The Kier molecular flexibility index (Phi) is 10.5. The third kappa shape index (κ3) is 8.58. The van der Waals surface area contributed by atoms with E-state index in [1.807, 2.05) is 57.2 Å². The van der Waals surface area contributed by atoms with Crippen molar-refractivity contribution in [3.63, 3.8) is 0 Å². The molecule has 1 aromatic carbocycles.